The number of halogens is 1. The first-order valence-corrected chi connectivity index (χ1v) is 9.54. The molecule has 0 amide bonds. The van der Waals surface area contributed by atoms with E-state index in [4.69, 9.17) is 15.2 Å². The second-order valence-corrected chi connectivity index (χ2v) is 7.65. The number of nitrogens with zero attached hydrogens (tertiary/aromatic N) is 2. The zero-order valence-corrected chi connectivity index (χ0v) is 19.9. The molecule has 0 saturated carbocycles. The molecule has 0 aromatic heterocycles. The molecule has 0 aliphatic carbocycles. The Morgan fingerprint density at radius 1 is 1.10 bits per heavy atom. The molecule has 158 valence electrons. The lowest BCUT2D eigenvalue weighted by molar-refractivity contribution is 0.112. The van der Waals surface area contributed by atoms with Crippen molar-refractivity contribution < 1.29 is 9.47 Å². The van der Waals surface area contributed by atoms with E-state index in [1.165, 1.54) is 11.1 Å². The van der Waals surface area contributed by atoms with Gasteiger partial charge in [-0.1, -0.05) is 24.3 Å². The van der Waals surface area contributed by atoms with Crippen molar-refractivity contribution in [3.05, 3.63) is 53.6 Å². The fourth-order valence-corrected chi connectivity index (χ4v) is 3.49. The average molecular weight is 510 g/mol. The molecule has 0 unspecified atom stereocenters. The first kappa shape index (κ1) is 23.3. The summed E-state index contributed by atoms with van der Waals surface area (Å²) in [4.78, 5) is 7.06. The van der Waals surface area contributed by atoms with Gasteiger partial charge in [-0.3, -0.25) is 9.89 Å². The molecule has 1 aliphatic heterocycles. The quantitative estimate of drug-likeness (QED) is 0.351. The third kappa shape index (κ3) is 5.76. The lowest BCUT2D eigenvalue weighted by Gasteiger charge is -2.40. The predicted molar refractivity (Wildman–Crippen MR) is 130 cm³/mol. The summed E-state index contributed by atoms with van der Waals surface area (Å²) in [6, 6.07) is 14.2. The van der Waals surface area contributed by atoms with Crippen LogP contribution in [0.2, 0.25) is 0 Å². The van der Waals surface area contributed by atoms with Crippen LogP contribution in [0.25, 0.3) is 0 Å². The minimum atomic E-state index is -0.0859. The Labute approximate surface area is 190 Å². The molecule has 6 nitrogen and oxygen atoms in total. The number of benzene rings is 2. The molecular weight excluding hydrogens is 479 g/mol. The topological polar surface area (TPSA) is 72.1 Å². The van der Waals surface area contributed by atoms with Gasteiger partial charge >= 0.3 is 0 Å². The SMILES string of the molecule is COc1ccc(NC(N)=NCC(C)(C)N2CCc3ccccc3C2)cc1OC.I. The predicted octanol–water partition coefficient (Wildman–Crippen LogP) is 3.89. The molecule has 1 aliphatic rings. The highest BCUT2D eigenvalue weighted by molar-refractivity contribution is 14.0. The Morgan fingerprint density at radius 3 is 2.48 bits per heavy atom. The number of fused-ring (bicyclic) bond motifs is 1. The highest BCUT2D eigenvalue weighted by Crippen LogP contribution is 2.30. The molecule has 0 spiro atoms. The summed E-state index contributed by atoms with van der Waals surface area (Å²) in [6.45, 7) is 7.02. The van der Waals surface area contributed by atoms with Crippen LogP contribution < -0.4 is 20.5 Å². The van der Waals surface area contributed by atoms with Gasteiger partial charge in [0.15, 0.2) is 17.5 Å². The molecule has 2 aromatic carbocycles. The molecule has 7 heteroatoms. The molecule has 0 atom stereocenters. The lowest BCUT2D eigenvalue weighted by Crippen LogP contribution is -2.49. The minimum Gasteiger partial charge on any atom is -0.493 e. The maximum Gasteiger partial charge on any atom is 0.193 e. The molecule has 0 fully saturated rings. The molecule has 2 aromatic rings. The average Bonchev–Trinajstić information content (AvgIpc) is 2.72. The number of anilines is 1. The van der Waals surface area contributed by atoms with E-state index in [2.05, 4.69) is 53.3 Å². The molecule has 29 heavy (non-hydrogen) atoms. The van der Waals surface area contributed by atoms with E-state index in [0.717, 1.165) is 25.2 Å². The lowest BCUT2D eigenvalue weighted by atomic mass is 9.94. The highest BCUT2D eigenvalue weighted by Gasteiger charge is 2.29. The Kier molecular flexibility index (Phi) is 8.15. The first-order chi connectivity index (χ1) is 13.4. The van der Waals surface area contributed by atoms with Crippen LogP contribution in [0, 0.1) is 0 Å². The highest BCUT2D eigenvalue weighted by atomic mass is 127. The van der Waals surface area contributed by atoms with Gasteiger partial charge in [0.25, 0.3) is 0 Å². The van der Waals surface area contributed by atoms with Crippen molar-refractivity contribution in [3.8, 4) is 11.5 Å². The smallest absolute Gasteiger partial charge is 0.193 e. The van der Waals surface area contributed by atoms with Gasteiger partial charge in [0.05, 0.1) is 20.8 Å². The third-order valence-electron chi connectivity index (χ3n) is 5.28. The largest absolute Gasteiger partial charge is 0.493 e. The molecule has 3 N–H and O–H groups in total. The van der Waals surface area contributed by atoms with Crippen LogP contribution in [0.5, 0.6) is 11.5 Å². The van der Waals surface area contributed by atoms with Crippen LogP contribution in [-0.4, -0.2) is 43.7 Å². The minimum absolute atomic E-state index is 0. The van der Waals surface area contributed by atoms with Crippen molar-refractivity contribution >= 4 is 35.6 Å². The fraction of sp³-hybridized carbons (Fsp3) is 0.409. The van der Waals surface area contributed by atoms with E-state index in [9.17, 15) is 0 Å². The van der Waals surface area contributed by atoms with E-state index in [-0.39, 0.29) is 29.5 Å². The second-order valence-electron chi connectivity index (χ2n) is 7.65. The summed E-state index contributed by atoms with van der Waals surface area (Å²) in [5, 5.41) is 3.13. The summed E-state index contributed by atoms with van der Waals surface area (Å²) < 4.78 is 10.6. The van der Waals surface area contributed by atoms with E-state index in [0.29, 0.717) is 24.0 Å². The van der Waals surface area contributed by atoms with Crippen molar-refractivity contribution in [2.24, 2.45) is 10.7 Å². The molecular formula is C22H31IN4O2. The van der Waals surface area contributed by atoms with Gasteiger partial charge in [0.2, 0.25) is 0 Å². The van der Waals surface area contributed by atoms with Crippen LogP contribution >= 0.6 is 24.0 Å². The molecule has 1 heterocycles. The zero-order chi connectivity index (χ0) is 20.1. The number of rotatable bonds is 6. The molecule has 3 rings (SSSR count). The number of methoxy groups -OCH3 is 2. The van der Waals surface area contributed by atoms with Gasteiger partial charge in [0.1, 0.15) is 0 Å². The number of guanidine groups is 1. The summed E-state index contributed by atoms with van der Waals surface area (Å²) in [6.07, 6.45) is 1.07. The standard InChI is InChI=1S/C22H30N4O2.HI/c1-22(2,26-12-11-16-7-5-6-8-17(16)14-26)15-24-21(23)25-18-9-10-19(27-3)20(13-18)28-4;/h5-10,13H,11-12,14-15H2,1-4H3,(H3,23,24,25);1H. The van der Waals surface area contributed by atoms with Gasteiger partial charge in [-0.05, 0) is 43.5 Å². The van der Waals surface area contributed by atoms with Crippen LogP contribution in [0.3, 0.4) is 0 Å². The van der Waals surface area contributed by atoms with Crippen LogP contribution in [0.4, 0.5) is 5.69 Å². The number of nitrogens with two attached hydrogens (primary N) is 1. The molecule has 0 saturated heterocycles. The van der Waals surface area contributed by atoms with Crippen molar-refractivity contribution in [2.75, 3.05) is 32.6 Å². The van der Waals surface area contributed by atoms with Gasteiger partial charge in [-0.2, -0.15) is 0 Å². The van der Waals surface area contributed by atoms with E-state index < -0.39 is 0 Å². The second kappa shape index (κ2) is 10.2. The van der Waals surface area contributed by atoms with Gasteiger partial charge in [-0.25, -0.2) is 0 Å². The summed E-state index contributed by atoms with van der Waals surface area (Å²) in [5.74, 6) is 1.71. The number of ether oxygens (including phenoxy) is 2. The van der Waals surface area contributed by atoms with E-state index in [1.54, 1.807) is 14.2 Å². The summed E-state index contributed by atoms with van der Waals surface area (Å²) >= 11 is 0. The summed E-state index contributed by atoms with van der Waals surface area (Å²) in [7, 11) is 3.22. The third-order valence-corrected chi connectivity index (χ3v) is 5.28. The monoisotopic (exact) mass is 510 g/mol. The number of hydrogen-bond acceptors (Lipinski definition) is 4. The Balaban J connectivity index is 0.00000300. The van der Waals surface area contributed by atoms with Gasteiger partial charge in [-0.15, -0.1) is 24.0 Å². The molecule has 0 bridgehead atoms. The van der Waals surface area contributed by atoms with Crippen LogP contribution in [0.1, 0.15) is 25.0 Å². The van der Waals surface area contributed by atoms with Crippen LogP contribution in [0.15, 0.2) is 47.5 Å². The van der Waals surface area contributed by atoms with Gasteiger partial charge < -0.3 is 20.5 Å². The number of hydrogen-bond donors (Lipinski definition) is 2. The number of nitrogens with one attached hydrogen (secondary N) is 1. The Bertz CT molecular complexity index is 854. The molecule has 0 radical (unpaired) electrons. The van der Waals surface area contributed by atoms with E-state index >= 15 is 0 Å². The van der Waals surface area contributed by atoms with Crippen molar-refractivity contribution in [2.45, 2.75) is 32.4 Å². The van der Waals surface area contributed by atoms with Crippen LogP contribution in [-0.2, 0) is 13.0 Å². The van der Waals surface area contributed by atoms with E-state index in [1.807, 2.05) is 18.2 Å². The number of aliphatic imine (C=N–C) groups is 1. The Hall–Kier alpha value is -2.00. The normalized spacial score (nSPS) is 14.6. The zero-order valence-electron chi connectivity index (χ0n) is 17.6. The first-order valence-electron chi connectivity index (χ1n) is 9.54. The maximum atomic E-state index is 6.13. The maximum absolute atomic E-state index is 6.13. The van der Waals surface area contributed by atoms with Crippen molar-refractivity contribution in [3.63, 3.8) is 0 Å². The Morgan fingerprint density at radius 2 is 1.79 bits per heavy atom. The van der Waals surface area contributed by atoms with Crippen molar-refractivity contribution in [1.29, 1.82) is 0 Å². The van der Waals surface area contributed by atoms with Gasteiger partial charge in [0, 0.05) is 30.4 Å². The summed E-state index contributed by atoms with van der Waals surface area (Å²) in [5.41, 5.74) is 9.71. The fourth-order valence-electron chi connectivity index (χ4n) is 3.49. The van der Waals surface area contributed by atoms with Crippen molar-refractivity contribution in [1.82, 2.24) is 4.90 Å².